The lowest BCUT2D eigenvalue weighted by atomic mass is 10.4. The number of nitrogens with zero attached hydrogens (tertiary/aromatic N) is 2. The first-order valence-electron chi connectivity index (χ1n) is 4.22. The summed E-state index contributed by atoms with van der Waals surface area (Å²) in [6, 6.07) is 0. The Morgan fingerprint density at radius 2 is 2.40 bits per heavy atom. The molecule has 0 radical (unpaired) electrons. The van der Waals surface area contributed by atoms with E-state index in [9.17, 15) is 0 Å². The highest BCUT2D eigenvalue weighted by Gasteiger charge is 2.13. The van der Waals surface area contributed by atoms with Crippen molar-refractivity contribution in [2.75, 3.05) is 6.26 Å². The molecular weight excluding hydrogens is 250 g/mol. The number of aromatic nitrogens is 3. The standard InChI is InChI=1S/C8H9N3OS3/c1-4-6(7-10-11-8(13)12-7)15-5(9-4)3-14-2/h3H2,1-2H3,(H,11,13). The van der Waals surface area contributed by atoms with Crippen molar-refractivity contribution in [3.8, 4) is 10.8 Å². The van der Waals surface area contributed by atoms with Gasteiger partial charge in [0.2, 0.25) is 0 Å². The Balaban J connectivity index is 2.40. The van der Waals surface area contributed by atoms with Crippen molar-refractivity contribution < 1.29 is 4.42 Å². The molecule has 1 N–H and O–H groups in total. The molecule has 0 spiro atoms. The van der Waals surface area contributed by atoms with Gasteiger partial charge >= 0.3 is 0 Å². The van der Waals surface area contributed by atoms with Gasteiger partial charge in [-0.15, -0.1) is 16.4 Å². The fourth-order valence-electron chi connectivity index (χ4n) is 1.16. The lowest BCUT2D eigenvalue weighted by Crippen LogP contribution is -1.79. The molecule has 2 aromatic heterocycles. The predicted molar refractivity (Wildman–Crippen MR) is 64.8 cm³/mol. The van der Waals surface area contributed by atoms with Gasteiger partial charge in [-0.2, -0.15) is 11.8 Å². The van der Waals surface area contributed by atoms with Crippen LogP contribution in [0.4, 0.5) is 0 Å². The van der Waals surface area contributed by atoms with Crippen molar-refractivity contribution in [3.05, 3.63) is 15.5 Å². The monoisotopic (exact) mass is 259 g/mol. The highest BCUT2D eigenvalue weighted by molar-refractivity contribution is 7.97. The van der Waals surface area contributed by atoms with Gasteiger partial charge in [-0.25, -0.2) is 10.1 Å². The maximum Gasteiger partial charge on any atom is 0.284 e. The van der Waals surface area contributed by atoms with Crippen molar-refractivity contribution in [1.29, 1.82) is 0 Å². The van der Waals surface area contributed by atoms with Crippen molar-refractivity contribution in [3.63, 3.8) is 0 Å². The van der Waals surface area contributed by atoms with Gasteiger partial charge in [0, 0.05) is 5.75 Å². The van der Waals surface area contributed by atoms with E-state index in [2.05, 4.69) is 21.4 Å². The average Bonchev–Trinajstić information content (AvgIpc) is 2.73. The number of H-pyrrole nitrogens is 1. The summed E-state index contributed by atoms with van der Waals surface area (Å²) in [5.74, 6) is 1.44. The van der Waals surface area contributed by atoms with Crippen LogP contribution in [0.15, 0.2) is 4.42 Å². The molecule has 0 saturated heterocycles. The summed E-state index contributed by atoms with van der Waals surface area (Å²) < 4.78 is 5.25. The molecule has 4 nitrogen and oxygen atoms in total. The molecule has 0 aliphatic rings. The Hall–Kier alpha value is -0.660. The first-order valence-corrected chi connectivity index (χ1v) is 6.83. The summed E-state index contributed by atoms with van der Waals surface area (Å²) in [6.07, 6.45) is 2.05. The third-order valence-corrected chi connectivity index (χ3v) is 3.81. The van der Waals surface area contributed by atoms with Crippen LogP contribution < -0.4 is 0 Å². The minimum absolute atomic E-state index is 0.296. The first kappa shape index (κ1) is 10.8. The summed E-state index contributed by atoms with van der Waals surface area (Å²) in [5, 5.41) is 7.68. The van der Waals surface area contributed by atoms with Crippen LogP contribution in [0.25, 0.3) is 10.8 Å². The third-order valence-electron chi connectivity index (χ3n) is 1.74. The molecule has 0 bridgehead atoms. The Morgan fingerprint density at radius 1 is 1.60 bits per heavy atom. The molecule has 7 heteroatoms. The first-order chi connectivity index (χ1) is 7.20. The van der Waals surface area contributed by atoms with Crippen LogP contribution in [-0.4, -0.2) is 21.4 Å². The van der Waals surface area contributed by atoms with Gasteiger partial charge < -0.3 is 4.42 Å². The highest BCUT2D eigenvalue weighted by atomic mass is 32.2. The van der Waals surface area contributed by atoms with Crippen molar-refractivity contribution >= 4 is 35.3 Å². The lowest BCUT2D eigenvalue weighted by Gasteiger charge is -1.87. The molecule has 0 amide bonds. The quantitative estimate of drug-likeness (QED) is 0.859. The summed E-state index contributed by atoms with van der Waals surface area (Å²) >= 11 is 8.17. The average molecular weight is 259 g/mol. The predicted octanol–water partition coefficient (Wildman–Crippen LogP) is 3.03. The third kappa shape index (κ3) is 2.30. The number of thioether (sulfide) groups is 1. The number of rotatable bonds is 3. The number of hydrogen-bond acceptors (Lipinski definition) is 6. The fourth-order valence-corrected chi connectivity index (χ4v) is 2.97. The molecular formula is C8H9N3OS3. The van der Waals surface area contributed by atoms with Crippen molar-refractivity contribution in [1.82, 2.24) is 15.2 Å². The molecule has 0 fully saturated rings. The molecule has 15 heavy (non-hydrogen) atoms. The van der Waals surface area contributed by atoms with Crippen LogP contribution in [0.5, 0.6) is 0 Å². The van der Waals surface area contributed by atoms with Crippen LogP contribution >= 0.6 is 35.3 Å². The Morgan fingerprint density at radius 3 is 3.00 bits per heavy atom. The molecule has 2 rings (SSSR count). The zero-order valence-electron chi connectivity index (χ0n) is 8.23. The van der Waals surface area contributed by atoms with Crippen LogP contribution in [0.1, 0.15) is 10.7 Å². The van der Waals surface area contributed by atoms with Crippen LogP contribution in [0, 0.1) is 11.8 Å². The second-order valence-corrected chi connectivity index (χ2v) is 5.19. The van der Waals surface area contributed by atoms with E-state index in [1.54, 1.807) is 23.1 Å². The smallest absolute Gasteiger partial charge is 0.284 e. The van der Waals surface area contributed by atoms with E-state index in [0.717, 1.165) is 21.3 Å². The Labute approximate surface area is 100 Å². The molecule has 0 saturated carbocycles. The van der Waals surface area contributed by atoms with Gasteiger partial charge in [0.25, 0.3) is 10.7 Å². The van der Waals surface area contributed by atoms with E-state index in [-0.39, 0.29) is 0 Å². The van der Waals surface area contributed by atoms with E-state index in [1.807, 2.05) is 6.92 Å². The maximum atomic E-state index is 5.25. The summed E-state index contributed by atoms with van der Waals surface area (Å²) in [5.41, 5.74) is 0.939. The van der Waals surface area contributed by atoms with E-state index >= 15 is 0 Å². The van der Waals surface area contributed by atoms with Gasteiger partial charge in [0.1, 0.15) is 9.88 Å². The molecule has 2 heterocycles. The van der Waals surface area contributed by atoms with Gasteiger partial charge in [0.05, 0.1) is 5.69 Å². The van der Waals surface area contributed by atoms with Gasteiger partial charge in [-0.3, -0.25) is 0 Å². The topological polar surface area (TPSA) is 54.7 Å². The zero-order valence-corrected chi connectivity index (χ0v) is 10.7. The van der Waals surface area contributed by atoms with Crippen molar-refractivity contribution in [2.24, 2.45) is 0 Å². The Kier molecular flexibility index (Phi) is 3.22. The van der Waals surface area contributed by atoms with E-state index in [4.69, 9.17) is 16.6 Å². The second-order valence-electron chi connectivity index (χ2n) is 2.87. The largest absolute Gasteiger partial charge is 0.408 e. The molecule has 0 unspecified atom stereocenters. The summed E-state index contributed by atoms with van der Waals surface area (Å²) in [6.45, 7) is 1.95. The van der Waals surface area contributed by atoms with E-state index in [0.29, 0.717) is 10.7 Å². The highest BCUT2D eigenvalue weighted by Crippen LogP contribution is 2.29. The second kappa shape index (κ2) is 4.46. The number of hydrogen-bond donors (Lipinski definition) is 1. The fraction of sp³-hybridized carbons (Fsp3) is 0.375. The Bertz CT molecular complexity index is 513. The molecule has 0 aliphatic carbocycles. The van der Waals surface area contributed by atoms with Gasteiger partial charge in [-0.1, -0.05) is 0 Å². The lowest BCUT2D eigenvalue weighted by molar-refractivity contribution is 0.553. The maximum absolute atomic E-state index is 5.25. The number of aryl methyl sites for hydroxylation is 1. The van der Waals surface area contributed by atoms with E-state index in [1.165, 1.54) is 0 Å². The molecule has 0 atom stereocenters. The minimum Gasteiger partial charge on any atom is -0.408 e. The van der Waals surface area contributed by atoms with Gasteiger partial charge in [-0.05, 0) is 25.4 Å². The molecule has 0 aromatic carbocycles. The summed E-state index contributed by atoms with van der Waals surface area (Å²) in [4.78, 5) is 5.68. The minimum atomic E-state index is 0.296. The van der Waals surface area contributed by atoms with Gasteiger partial charge in [0.15, 0.2) is 0 Å². The number of aromatic amines is 1. The number of nitrogens with one attached hydrogen (secondary N) is 1. The summed E-state index contributed by atoms with van der Waals surface area (Å²) in [7, 11) is 0. The molecule has 0 aliphatic heterocycles. The van der Waals surface area contributed by atoms with Crippen molar-refractivity contribution in [2.45, 2.75) is 12.7 Å². The molecule has 80 valence electrons. The number of thiazole rings is 1. The normalized spacial score (nSPS) is 10.8. The SMILES string of the molecule is CSCc1nc(C)c(-c2n[nH]c(=S)o2)s1. The van der Waals surface area contributed by atoms with Crippen LogP contribution in [0.2, 0.25) is 0 Å². The van der Waals surface area contributed by atoms with Crippen LogP contribution in [0.3, 0.4) is 0 Å². The molecule has 2 aromatic rings. The van der Waals surface area contributed by atoms with Crippen LogP contribution in [-0.2, 0) is 5.75 Å². The zero-order chi connectivity index (χ0) is 10.8. The van der Waals surface area contributed by atoms with E-state index < -0.39 is 0 Å².